The summed E-state index contributed by atoms with van der Waals surface area (Å²) in [6.45, 7) is 1.83. The van der Waals surface area contributed by atoms with Crippen LogP contribution < -0.4 is 10.6 Å². The van der Waals surface area contributed by atoms with E-state index in [1.54, 1.807) is 16.2 Å². The highest BCUT2D eigenvalue weighted by Gasteiger charge is 2.20. The Hall–Kier alpha value is -2.41. The summed E-state index contributed by atoms with van der Waals surface area (Å²) in [5, 5.41) is 6.71. The van der Waals surface area contributed by atoms with Gasteiger partial charge >= 0.3 is 6.03 Å². The van der Waals surface area contributed by atoms with Crippen molar-refractivity contribution >= 4 is 23.3 Å². The molecule has 0 bridgehead atoms. The summed E-state index contributed by atoms with van der Waals surface area (Å²) in [5.74, 6) is -0.160. The van der Waals surface area contributed by atoms with Crippen LogP contribution in [0, 0.1) is 0 Å². The van der Waals surface area contributed by atoms with E-state index in [0.29, 0.717) is 19.6 Å². The average molecular weight is 399 g/mol. The first-order valence-corrected chi connectivity index (χ1v) is 10.8. The standard InChI is InChI=1S/C21H26N4O2S/c26-19(22-11-9-20-24-17-7-3-4-8-18(17)28-20)13-23-21(27)25-12-10-15-5-1-2-6-16(15)14-25/h1-2,5-6H,3-4,7-14H2,(H,22,26)(H,23,27). The third kappa shape index (κ3) is 4.52. The van der Waals surface area contributed by atoms with Crippen LogP contribution in [-0.2, 0) is 37.0 Å². The Bertz CT molecular complexity index is 840. The number of thiazole rings is 1. The second kappa shape index (κ2) is 8.73. The van der Waals surface area contributed by atoms with Gasteiger partial charge in [-0.1, -0.05) is 24.3 Å². The van der Waals surface area contributed by atoms with E-state index < -0.39 is 0 Å². The first-order chi connectivity index (χ1) is 13.7. The van der Waals surface area contributed by atoms with Gasteiger partial charge < -0.3 is 15.5 Å². The minimum Gasteiger partial charge on any atom is -0.354 e. The van der Waals surface area contributed by atoms with E-state index in [0.717, 1.165) is 30.7 Å². The molecule has 28 heavy (non-hydrogen) atoms. The summed E-state index contributed by atoms with van der Waals surface area (Å²) in [6.07, 6.45) is 6.33. The van der Waals surface area contributed by atoms with Gasteiger partial charge in [0.15, 0.2) is 0 Å². The molecule has 0 atom stereocenters. The molecule has 1 aliphatic heterocycles. The van der Waals surface area contributed by atoms with Gasteiger partial charge in [0.1, 0.15) is 0 Å². The Balaban J connectivity index is 1.17. The van der Waals surface area contributed by atoms with E-state index in [-0.39, 0.29) is 18.5 Å². The Morgan fingerprint density at radius 1 is 1.07 bits per heavy atom. The zero-order valence-electron chi connectivity index (χ0n) is 16.0. The van der Waals surface area contributed by atoms with Crippen LogP contribution in [0.2, 0.25) is 0 Å². The largest absolute Gasteiger partial charge is 0.354 e. The van der Waals surface area contributed by atoms with Gasteiger partial charge in [-0.25, -0.2) is 9.78 Å². The van der Waals surface area contributed by atoms with E-state index in [1.165, 1.54) is 34.5 Å². The third-order valence-electron chi connectivity index (χ3n) is 5.37. The van der Waals surface area contributed by atoms with E-state index in [4.69, 9.17) is 4.98 Å². The molecule has 0 fully saturated rings. The number of aromatic nitrogens is 1. The van der Waals surface area contributed by atoms with Crippen LogP contribution in [0.1, 0.15) is 39.5 Å². The van der Waals surface area contributed by atoms with Gasteiger partial charge in [0.25, 0.3) is 0 Å². The molecule has 2 heterocycles. The molecule has 1 aromatic heterocycles. The number of hydrogen-bond donors (Lipinski definition) is 2. The number of nitrogens with one attached hydrogen (secondary N) is 2. The number of urea groups is 1. The number of carbonyl (C=O) groups excluding carboxylic acids is 2. The summed E-state index contributed by atoms with van der Waals surface area (Å²) in [6, 6.07) is 8.00. The molecule has 0 saturated heterocycles. The van der Waals surface area contributed by atoms with Crippen LogP contribution in [-0.4, -0.2) is 41.5 Å². The van der Waals surface area contributed by atoms with Gasteiger partial charge in [-0.15, -0.1) is 11.3 Å². The molecule has 2 aliphatic rings. The van der Waals surface area contributed by atoms with E-state index in [1.807, 2.05) is 12.1 Å². The minimum absolute atomic E-state index is 0.00531. The maximum absolute atomic E-state index is 12.3. The monoisotopic (exact) mass is 398 g/mol. The highest BCUT2D eigenvalue weighted by molar-refractivity contribution is 7.11. The number of aryl methyl sites for hydroxylation is 2. The van der Waals surface area contributed by atoms with Crippen LogP contribution in [0.15, 0.2) is 24.3 Å². The summed E-state index contributed by atoms with van der Waals surface area (Å²) in [5.41, 5.74) is 3.74. The highest BCUT2D eigenvalue weighted by atomic mass is 32.1. The molecule has 2 aromatic rings. The van der Waals surface area contributed by atoms with Crippen molar-refractivity contribution in [2.75, 3.05) is 19.6 Å². The molecule has 6 nitrogen and oxygen atoms in total. The van der Waals surface area contributed by atoms with Crippen molar-refractivity contribution in [3.05, 3.63) is 51.0 Å². The first kappa shape index (κ1) is 18.9. The molecule has 0 radical (unpaired) electrons. The van der Waals surface area contributed by atoms with Gasteiger partial charge in [0.05, 0.1) is 17.2 Å². The van der Waals surface area contributed by atoms with Crippen molar-refractivity contribution in [2.45, 2.75) is 45.1 Å². The molecular weight excluding hydrogens is 372 g/mol. The van der Waals surface area contributed by atoms with Crippen molar-refractivity contribution in [3.8, 4) is 0 Å². The fourth-order valence-corrected chi connectivity index (χ4v) is 4.98. The molecule has 4 rings (SSSR count). The highest BCUT2D eigenvalue weighted by Crippen LogP contribution is 2.26. The second-order valence-corrected chi connectivity index (χ2v) is 8.55. The Morgan fingerprint density at radius 3 is 2.75 bits per heavy atom. The minimum atomic E-state index is -0.183. The summed E-state index contributed by atoms with van der Waals surface area (Å²) < 4.78 is 0. The van der Waals surface area contributed by atoms with Crippen LogP contribution in [0.3, 0.4) is 0 Å². The fraction of sp³-hybridized carbons (Fsp3) is 0.476. The number of fused-ring (bicyclic) bond motifs is 2. The molecule has 0 saturated carbocycles. The van der Waals surface area contributed by atoms with Crippen LogP contribution >= 0.6 is 11.3 Å². The Morgan fingerprint density at radius 2 is 1.89 bits per heavy atom. The molecule has 3 amide bonds. The quantitative estimate of drug-likeness (QED) is 0.812. The van der Waals surface area contributed by atoms with Gasteiger partial charge in [-0.3, -0.25) is 4.79 Å². The van der Waals surface area contributed by atoms with Gasteiger partial charge in [-0.2, -0.15) is 0 Å². The normalized spacial score (nSPS) is 15.5. The van der Waals surface area contributed by atoms with E-state index in [9.17, 15) is 9.59 Å². The second-order valence-electron chi connectivity index (χ2n) is 7.38. The van der Waals surface area contributed by atoms with E-state index >= 15 is 0 Å². The van der Waals surface area contributed by atoms with Crippen LogP contribution in [0.4, 0.5) is 4.79 Å². The van der Waals surface area contributed by atoms with Gasteiger partial charge in [0.2, 0.25) is 5.91 Å². The molecule has 0 unspecified atom stereocenters. The Kier molecular flexibility index (Phi) is 5.90. The molecule has 1 aliphatic carbocycles. The number of hydrogen-bond acceptors (Lipinski definition) is 4. The molecule has 1 aromatic carbocycles. The lowest BCUT2D eigenvalue weighted by Gasteiger charge is -2.28. The maximum Gasteiger partial charge on any atom is 0.318 e. The summed E-state index contributed by atoms with van der Waals surface area (Å²) >= 11 is 1.78. The topological polar surface area (TPSA) is 74.3 Å². The molecular formula is C21H26N4O2S. The average Bonchev–Trinajstić information content (AvgIpc) is 3.14. The summed E-state index contributed by atoms with van der Waals surface area (Å²) in [7, 11) is 0. The number of rotatable bonds is 5. The van der Waals surface area contributed by atoms with Gasteiger partial charge in [0, 0.05) is 30.9 Å². The number of benzene rings is 1. The lowest BCUT2D eigenvalue weighted by Crippen LogP contribution is -2.46. The molecule has 2 N–H and O–H groups in total. The van der Waals surface area contributed by atoms with Crippen molar-refractivity contribution in [1.29, 1.82) is 0 Å². The predicted molar refractivity (Wildman–Crippen MR) is 109 cm³/mol. The smallest absolute Gasteiger partial charge is 0.318 e. The predicted octanol–water partition coefficient (Wildman–Crippen LogP) is 2.45. The van der Waals surface area contributed by atoms with Crippen molar-refractivity contribution in [1.82, 2.24) is 20.5 Å². The number of nitrogens with zero attached hydrogens (tertiary/aromatic N) is 2. The maximum atomic E-state index is 12.3. The third-order valence-corrected chi connectivity index (χ3v) is 6.59. The van der Waals surface area contributed by atoms with Crippen LogP contribution in [0.25, 0.3) is 0 Å². The summed E-state index contributed by atoms with van der Waals surface area (Å²) in [4.78, 5) is 32.3. The van der Waals surface area contributed by atoms with Crippen molar-refractivity contribution in [3.63, 3.8) is 0 Å². The first-order valence-electron chi connectivity index (χ1n) is 10.0. The fourth-order valence-electron chi connectivity index (χ4n) is 3.82. The molecule has 7 heteroatoms. The Labute approximate surface area is 169 Å². The lowest BCUT2D eigenvalue weighted by atomic mass is 10.0. The zero-order chi connectivity index (χ0) is 19.3. The van der Waals surface area contributed by atoms with Crippen molar-refractivity contribution < 1.29 is 9.59 Å². The lowest BCUT2D eigenvalue weighted by molar-refractivity contribution is -0.120. The van der Waals surface area contributed by atoms with Crippen molar-refractivity contribution in [2.24, 2.45) is 0 Å². The number of amides is 3. The molecule has 148 valence electrons. The van der Waals surface area contributed by atoms with E-state index in [2.05, 4.69) is 22.8 Å². The van der Waals surface area contributed by atoms with Crippen LogP contribution in [0.5, 0.6) is 0 Å². The zero-order valence-corrected chi connectivity index (χ0v) is 16.8. The van der Waals surface area contributed by atoms with Gasteiger partial charge in [-0.05, 0) is 43.2 Å². The molecule has 0 spiro atoms. The SMILES string of the molecule is O=C(CNC(=O)N1CCc2ccccc2C1)NCCc1nc2c(s1)CCCC2. The number of carbonyl (C=O) groups is 2.